The van der Waals surface area contributed by atoms with E-state index in [0.29, 0.717) is 12.2 Å². The van der Waals surface area contributed by atoms with E-state index in [1.807, 2.05) is 6.07 Å². The Morgan fingerprint density at radius 2 is 2.05 bits per heavy atom. The van der Waals surface area contributed by atoms with Gasteiger partial charge in [-0.25, -0.2) is 4.79 Å². The number of nitrogens with two attached hydrogens (primary N) is 1. The Morgan fingerprint density at radius 1 is 1.25 bits per heavy atom. The van der Waals surface area contributed by atoms with Crippen LogP contribution in [0.5, 0.6) is 0 Å². The fourth-order valence-electron chi connectivity index (χ4n) is 2.54. The molecule has 6 nitrogen and oxygen atoms in total. The largest absolute Gasteiger partial charge is 0.478 e. The Balaban J connectivity index is 2.08. The minimum Gasteiger partial charge on any atom is -0.478 e. The van der Waals surface area contributed by atoms with Gasteiger partial charge in [-0.1, -0.05) is 0 Å². The van der Waals surface area contributed by atoms with Crippen LogP contribution in [-0.4, -0.2) is 60.4 Å². The summed E-state index contributed by atoms with van der Waals surface area (Å²) >= 11 is 0. The van der Waals surface area contributed by atoms with Gasteiger partial charge in [0.05, 0.1) is 12.2 Å². The van der Waals surface area contributed by atoms with E-state index >= 15 is 0 Å². The first-order valence-corrected chi connectivity index (χ1v) is 6.83. The van der Waals surface area contributed by atoms with Gasteiger partial charge in [-0.3, -0.25) is 4.90 Å². The van der Waals surface area contributed by atoms with E-state index in [4.69, 9.17) is 15.9 Å². The van der Waals surface area contributed by atoms with Crippen LogP contribution in [0.4, 0.5) is 11.4 Å². The highest BCUT2D eigenvalue weighted by atomic mass is 16.4. The molecule has 1 aliphatic heterocycles. The average Bonchev–Trinajstić information content (AvgIpc) is 2.64. The van der Waals surface area contributed by atoms with Crippen LogP contribution in [0.15, 0.2) is 18.2 Å². The van der Waals surface area contributed by atoms with Gasteiger partial charge in [0.15, 0.2) is 0 Å². The van der Waals surface area contributed by atoms with E-state index in [-0.39, 0.29) is 12.2 Å². The molecule has 0 saturated carbocycles. The lowest BCUT2D eigenvalue weighted by Crippen LogP contribution is -2.32. The lowest BCUT2D eigenvalue weighted by molar-refractivity contribution is 0.0698. The highest BCUT2D eigenvalue weighted by molar-refractivity contribution is 5.94. The molecule has 1 saturated heterocycles. The van der Waals surface area contributed by atoms with Crippen molar-refractivity contribution in [3.8, 4) is 0 Å². The fraction of sp³-hybridized carbons (Fsp3) is 0.500. The fourth-order valence-corrected chi connectivity index (χ4v) is 2.54. The number of benzene rings is 1. The zero-order valence-electron chi connectivity index (χ0n) is 11.5. The van der Waals surface area contributed by atoms with Crippen molar-refractivity contribution in [3.05, 3.63) is 23.8 Å². The van der Waals surface area contributed by atoms with Crippen molar-refractivity contribution in [2.45, 2.75) is 6.42 Å². The quantitative estimate of drug-likeness (QED) is 0.694. The summed E-state index contributed by atoms with van der Waals surface area (Å²) in [5.74, 6) is -1.00. The molecule has 1 aromatic carbocycles. The van der Waals surface area contributed by atoms with Crippen molar-refractivity contribution in [1.82, 2.24) is 4.90 Å². The Morgan fingerprint density at radius 3 is 2.70 bits per heavy atom. The van der Waals surface area contributed by atoms with Crippen LogP contribution < -0.4 is 10.6 Å². The number of nitrogen functional groups attached to an aromatic ring is 1. The van der Waals surface area contributed by atoms with Gasteiger partial charge in [0.2, 0.25) is 0 Å². The second-order valence-corrected chi connectivity index (χ2v) is 4.98. The number of aliphatic hydroxyl groups is 1. The van der Waals surface area contributed by atoms with Crippen molar-refractivity contribution >= 4 is 17.3 Å². The summed E-state index contributed by atoms with van der Waals surface area (Å²) in [6.07, 6.45) is 1.01. The summed E-state index contributed by atoms with van der Waals surface area (Å²) < 4.78 is 0. The van der Waals surface area contributed by atoms with Crippen molar-refractivity contribution in [2.75, 3.05) is 50.0 Å². The summed E-state index contributed by atoms with van der Waals surface area (Å²) in [4.78, 5) is 15.4. The number of rotatable bonds is 4. The number of nitrogens with zero attached hydrogens (tertiary/aromatic N) is 2. The highest BCUT2D eigenvalue weighted by Crippen LogP contribution is 2.22. The van der Waals surface area contributed by atoms with E-state index in [9.17, 15) is 4.79 Å². The van der Waals surface area contributed by atoms with Crippen LogP contribution >= 0.6 is 0 Å². The van der Waals surface area contributed by atoms with Crippen molar-refractivity contribution in [1.29, 1.82) is 0 Å². The normalized spacial score (nSPS) is 16.9. The molecule has 0 aromatic heterocycles. The Hall–Kier alpha value is -1.79. The number of hydrogen-bond acceptors (Lipinski definition) is 5. The second-order valence-electron chi connectivity index (χ2n) is 4.98. The molecule has 0 bridgehead atoms. The summed E-state index contributed by atoms with van der Waals surface area (Å²) in [5, 5.41) is 18.0. The van der Waals surface area contributed by atoms with Gasteiger partial charge in [-0.15, -0.1) is 0 Å². The van der Waals surface area contributed by atoms with Gasteiger partial charge in [0, 0.05) is 37.6 Å². The predicted octanol–water partition coefficient (Wildman–Crippen LogP) is 0.471. The predicted molar refractivity (Wildman–Crippen MR) is 78.2 cm³/mol. The van der Waals surface area contributed by atoms with Crippen LogP contribution in [0.1, 0.15) is 16.8 Å². The first-order chi connectivity index (χ1) is 9.61. The number of anilines is 2. The van der Waals surface area contributed by atoms with Gasteiger partial charge in [-0.05, 0) is 31.2 Å². The molecule has 1 fully saturated rings. The van der Waals surface area contributed by atoms with Crippen LogP contribution in [0.25, 0.3) is 0 Å². The lowest BCUT2D eigenvalue weighted by Gasteiger charge is -2.24. The van der Waals surface area contributed by atoms with Gasteiger partial charge >= 0.3 is 5.97 Å². The van der Waals surface area contributed by atoms with Gasteiger partial charge < -0.3 is 20.8 Å². The summed E-state index contributed by atoms with van der Waals surface area (Å²) in [6, 6.07) is 5.09. The molecule has 0 atom stereocenters. The number of carboxylic acid groups (broad SMARTS) is 1. The molecular formula is C14H21N3O3. The van der Waals surface area contributed by atoms with Crippen LogP contribution in [0.2, 0.25) is 0 Å². The van der Waals surface area contributed by atoms with Crippen LogP contribution in [0.3, 0.4) is 0 Å². The molecule has 110 valence electrons. The zero-order chi connectivity index (χ0) is 14.5. The first-order valence-electron chi connectivity index (χ1n) is 6.83. The summed E-state index contributed by atoms with van der Waals surface area (Å²) in [7, 11) is 0. The maximum absolute atomic E-state index is 11.0. The molecule has 20 heavy (non-hydrogen) atoms. The first kappa shape index (κ1) is 14.6. The molecule has 4 N–H and O–H groups in total. The van der Waals surface area contributed by atoms with E-state index in [1.165, 1.54) is 0 Å². The van der Waals surface area contributed by atoms with Gasteiger partial charge in [0.25, 0.3) is 0 Å². The monoisotopic (exact) mass is 279 g/mol. The molecular weight excluding hydrogens is 258 g/mol. The molecule has 0 aliphatic carbocycles. The number of β-amino-alcohol motifs (C(OH)–C–C–N with tert-alkyl or cyclic N) is 1. The number of carbonyl (C=O) groups is 1. The SMILES string of the molecule is Nc1cc(N2CCCN(CCO)CC2)ccc1C(=O)O. The molecule has 1 aromatic rings. The average molecular weight is 279 g/mol. The number of hydrogen-bond donors (Lipinski definition) is 3. The minimum absolute atomic E-state index is 0.144. The van der Waals surface area contributed by atoms with E-state index in [2.05, 4.69) is 9.80 Å². The molecule has 0 radical (unpaired) electrons. The number of aromatic carboxylic acids is 1. The lowest BCUT2D eigenvalue weighted by atomic mass is 10.1. The Bertz CT molecular complexity index is 479. The van der Waals surface area contributed by atoms with Crippen molar-refractivity contribution < 1.29 is 15.0 Å². The van der Waals surface area contributed by atoms with Crippen LogP contribution in [0, 0.1) is 0 Å². The highest BCUT2D eigenvalue weighted by Gasteiger charge is 2.16. The maximum Gasteiger partial charge on any atom is 0.337 e. The number of carboxylic acids is 1. The Kier molecular flexibility index (Phi) is 4.81. The molecule has 1 heterocycles. The molecule has 2 rings (SSSR count). The summed E-state index contributed by atoms with van der Waals surface area (Å²) in [5.41, 5.74) is 7.19. The zero-order valence-corrected chi connectivity index (χ0v) is 11.5. The smallest absolute Gasteiger partial charge is 0.337 e. The van der Waals surface area contributed by atoms with E-state index in [1.54, 1.807) is 12.1 Å². The molecule has 0 spiro atoms. The third-order valence-electron chi connectivity index (χ3n) is 3.64. The standard InChI is InChI=1S/C14H21N3O3/c15-13-10-11(2-3-12(13)14(19)20)17-5-1-4-16(6-7-17)8-9-18/h2-3,10,18H,1,4-9,15H2,(H,19,20). The van der Waals surface area contributed by atoms with E-state index < -0.39 is 5.97 Å². The third-order valence-corrected chi connectivity index (χ3v) is 3.64. The maximum atomic E-state index is 11.0. The molecule has 1 aliphatic rings. The minimum atomic E-state index is -1.00. The van der Waals surface area contributed by atoms with Crippen molar-refractivity contribution in [2.24, 2.45) is 0 Å². The van der Waals surface area contributed by atoms with Crippen LogP contribution in [-0.2, 0) is 0 Å². The topological polar surface area (TPSA) is 90.0 Å². The third kappa shape index (κ3) is 3.40. The van der Waals surface area contributed by atoms with Gasteiger partial charge in [0.1, 0.15) is 0 Å². The van der Waals surface area contributed by atoms with Gasteiger partial charge in [-0.2, -0.15) is 0 Å². The Labute approximate surface area is 118 Å². The number of aliphatic hydroxyl groups excluding tert-OH is 1. The second kappa shape index (κ2) is 6.58. The van der Waals surface area contributed by atoms with E-state index in [0.717, 1.165) is 38.3 Å². The molecule has 0 amide bonds. The molecule has 6 heteroatoms. The summed E-state index contributed by atoms with van der Waals surface area (Å²) in [6.45, 7) is 4.51. The molecule has 0 unspecified atom stereocenters. The van der Waals surface area contributed by atoms with Crippen molar-refractivity contribution in [3.63, 3.8) is 0 Å².